The Balaban J connectivity index is 1.95. The predicted molar refractivity (Wildman–Crippen MR) is 119 cm³/mol. The van der Waals surface area contributed by atoms with Crippen LogP contribution in [0.2, 0.25) is 0 Å². The molecule has 2 aromatic carbocycles. The molecule has 0 saturated heterocycles. The average Bonchev–Trinajstić information content (AvgIpc) is 3.11. The Bertz CT molecular complexity index is 1200. The summed E-state index contributed by atoms with van der Waals surface area (Å²) in [6.45, 7) is 4.33. The molecule has 0 radical (unpaired) electrons. The number of aliphatic imine (C=N–C) groups is 1. The van der Waals surface area contributed by atoms with Gasteiger partial charge >= 0.3 is 0 Å². The maximum Gasteiger partial charge on any atom is 0.222 e. The second-order valence-corrected chi connectivity index (χ2v) is 7.20. The molecule has 4 rings (SSSR count). The minimum absolute atomic E-state index is 0.0889. The van der Waals surface area contributed by atoms with Crippen LogP contribution in [0.15, 0.2) is 47.5 Å². The highest BCUT2D eigenvalue weighted by atomic mass is 16.5. The van der Waals surface area contributed by atoms with Crippen molar-refractivity contribution in [3.05, 3.63) is 70.8 Å². The van der Waals surface area contributed by atoms with Crippen LogP contribution in [-0.4, -0.2) is 40.0 Å². The Morgan fingerprint density at radius 2 is 2.00 bits per heavy atom. The molecule has 1 aliphatic rings. The smallest absolute Gasteiger partial charge is 0.222 e. The number of ether oxygens (including phenoxy) is 1. The molecule has 31 heavy (non-hydrogen) atoms. The largest absolute Gasteiger partial charge is 0.497 e. The number of hydrogen-bond donors (Lipinski definition) is 1. The number of benzene rings is 2. The van der Waals surface area contributed by atoms with E-state index in [0.717, 1.165) is 33.9 Å². The number of carbonyl (C=O) groups excluding carboxylic acids is 1. The summed E-state index contributed by atoms with van der Waals surface area (Å²) in [5.41, 5.74) is 4.19. The standard InChI is InChI=1S/C24H23N5O2/c1-5-16-7-9-17(10-8-16)23-19-13-18(31-4)11-12-21(19)29-15(3)27-28-24(29)20(26-23)14-22(30)25-6-2/h1,7-13,20H,6,14H2,2-4H3,(H,25,30). The van der Waals surface area contributed by atoms with E-state index >= 15 is 0 Å². The third-order valence-corrected chi connectivity index (χ3v) is 5.21. The highest BCUT2D eigenvalue weighted by molar-refractivity contribution is 6.15. The van der Waals surface area contributed by atoms with Gasteiger partial charge in [-0.1, -0.05) is 18.1 Å². The zero-order valence-corrected chi connectivity index (χ0v) is 17.7. The quantitative estimate of drug-likeness (QED) is 0.652. The molecule has 0 fully saturated rings. The first-order valence-corrected chi connectivity index (χ1v) is 10.1. The number of hydrogen-bond acceptors (Lipinski definition) is 5. The zero-order valence-electron chi connectivity index (χ0n) is 17.7. The molecule has 0 bridgehead atoms. The van der Waals surface area contributed by atoms with Gasteiger partial charge in [-0.3, -0.25) is 14.4 Å². The van der Waals surface area contributed by atoms with Gasteiger partial charge in [-0.05, 0) is 44.2 Å². The van der Waals surface area contributed by atoms with Gasteiger partial charge < -0.3 is 10.1 Å². The molecule has 156 valence electrons. The van der Waals surface area contributed by atoms with Crippen molar-refractivity contribution in [2.75, 3.05) is 13.7 Å². The number of aromatic nitrogens is 3. The van der Waals surface area contributed by atoms with E-state index in [9.17, 15) is 4.79 Å². The molecule has 1 unspecified atom stereocenters. The van der Waals surface area contributed by atoms with E-state index in [4.69, 9.17) is 16.2 Å². The topological polar surface area (TPSA) is 81.4 Å². The number of nitrogens with one attached hydrogen (secondary N) is 1. The Hall–Kier alpha value is -3.92. The number of nitrogens with zero attached hydrogens (tertiary/aromatic N) is 4. The van der Waals surface area contributed by atoms with Gasteiger partial charge in [0.05, 0.1) is 24.9 Å². The van der Waals surface area contributed by atoms with Crippen LogP contribution in [0.5, 0.6) is 5.75 Å². The van der Waals surface area contributed by atoms with Crippen molar-refractivity contribution in [3.8, 4) is 23.8 Å². The lowest BCUT2D eigenvalue weighted by molar-refractivity contribution is -0.121. The molecule has 1 aromatic heterocycles. The van der Waals surface area contributed by atoms with Crippen molar-refractivity contribution >= 4 is 11.6 Å². The number of methoxy groups -OCH3 is 1. The van der Waals surface area contributed by atoms with Gasteiger partial charge in [0.25, 0.3) is 0 Å². The lowest BCUT2D eigenvalue weighted by atomic mass is 9.99. The lowest BCUT2D eigenvalue weighted by Crippen LogP contribution is -2.25. The fraction of sp³-hybridized carbons (Fsp3) is 0.250. The van der Waals surface area contributed by atoms with Crippen molar-refractivity contribution in [2.24, 2.45) is 4.99 Å². The van der Waals surface area contributed by atoms with Crippen molar-refractivity contribution in [2.45, 2.75) is 26.3 Å². The SMILES string of the molecule is C#Cc1ccc(C2=NC(CC(=O)NCC)c3nnc(C)n3-c3ccc(OC)cc32)cc1. The molecule has 1 N–H and O–H groups in total. The normalized spacial score (nSPS) is 14.5. The highest BCUT2D eigenvalue weighted by Crippen LogP contribution is 2.34. The summed E-state index contributed by atoms with van der Waals surface area (Å²) in [6, 6.07) is 13.0. The molecule has 0 saturated carbocycles. The van der Waals surface area contributed by atoms with E-state index in [1.165, 1.54) is 0 Å². The van der Waals surface area contributed by atoms with Crippen LogP contribution in [0, 0.1) is 19.3 Å². The Morgan fingerprint density at radius 3 is 2.68 bits per heavy atom. The van der Waals surface area contributed by atoms with Gasteiger partial charge in [0.1, 0.15) is 17.6 Å². The maximum absolute atomic E-state index is 12.5. The van der Waals surface area contributed by atoms with Crippen LogP contribution < -0.4 is 10.1 Å². The van der Waals surface area contributed by atoms with E-state index in [-0.39, 0.29) is 12.3 Å². The van der Waals surface area contributed by atoms with Gasteiger partial charge in [0.15, 0.2) is 5.82 Å². The molecule has 0 aliphatic carbocycles. The van der Waals surface area contributed by atoms with Gasteiger partial charge in [-0.2, -0.15) is 0 Å². The first-order chi connectivity index (χ1) is 15.0. The molecule has 1 atom stereocenters. The second-order valence-electron chi connectivity index (χ2n) is 7.20. The summed E-state index contributed by atoms with van der Waals surface area (Å²) >= 11 is 0. The lowest BCUT2D eigenvalue weighted by Gasteiger charge is -2.14. The first-order valence-electron chi connectivity index (χ1n) is 10.1. The molecule has 1 aliphatic heterocycles. The van der Waals surface area contributed by atoms with Crippen molar-refractivity contribution < 1.29 is 9.53 Å². The Kier molecular flexibility index (Phi) is 5.54. The molecule has 3 aromatic rings. The number of terminal acetylenes is 1. The summed E-state index contributed by atoms with van der Waals surface area (Å²) < 4.78 is 7.44. The molecular weight excluding hydrogens is 390 g/mol. The summed E-state index contributed by atoms with van der Waals surface area (Å²) in [4.78, 5) is 17.5. The van der Waals surface area contributed by atoms with Crippen LogP contribution >= 0.6 is 0 Å². The fourth-order valence-electron chi connectivity index (χ4n) is 3.74. The van der Waals surface area contributed by atoms with Gasteiger partial charge in [-0.15, -0.1) is 16.6 Å². The maximum atomic E-state index is 12.5. The fourth-order valence-corrected chi connectivity index (χ4v) is 3.74. The van der Waals surface area contributed by atoms with Crippen LogP contribution in [0.4, 0.5) is 0 Å². The van der Waals surface area contributed by atoms with E-state index in [0.29, 0.717) is 18.1 Å². The number of amides is 1. The van der Waals surface area contributed by atoms with Gasteiger partial charge in [0.2, 0.25) is 5.91 Å². The Labute approximate surface area is 181 Å². The highest BCUT2D eigenvalue weighted by Gasteiger charge is 2.29. The van der Waals surface area contributed by atoms with Crippen LogP contribution in [-0.2, 0) is 4.79 Å². The van der Waals surface area contributed by atoms with E-state index in [1.54, 1.807) is 7.11 Å². The van der Waals surface area contributed by atoms with Gasteiger partial charge in [0, 0.05) is 23.2 Å². The molecule has 7 nitrogen and oxygen atoms in total. The molecule has 1 amide bonds. The van der Waals surface area contributed by atoms with Crippen LogP contribution in [0.1, 0.15) is 47.7 Å². The summed E-state index contributed by atoms with van der Waals surface area (Å²) in [7, 11) is 1.63. The number of rotatable bonds is 5. The average molecular weight is 413 g/mol. The van der Waals surface area contributed by atoms with Crippen molar-refractivity contribution in [1.29, 1.82) is 0 Å². The van der Waals surface area contributed by atoms with Gasteiger partial charge in [-0.25, -0.2) is 0 Å². The van der Waals surface area contributed by atoms with E-state index in [2.05, 4.69) is 21.4 Å². The van der Waals surface area contributed by atoms with Crippen molar-refractivity contribution in [1.82, 2.24) is 20.1 Å². The second kappa shape index (κ2) is 8.44. The minimum Gasteiger partial charge on any atom is -0.497 e. The van der Waals surface area contributed by atoms with Crippen LogP contribution in [0.25, 0.3) is 5.69 Å². The number of carbonyl (C=O) groups is 1. The molecule has 2 heterocycles. The number of fused-ring (bicyclic) bond motifs is 3. The summed E-state index contributed by atoms with van der Waals surface area (Å²) in [5, 5.41) is 11.5. The first kappa shape index (κ1) is 20.4. The molecule has 0 spiro atoms. The summed E-state index contributed by atoms with van der Waals surface area (Å²) in [5.74, 6) is 4.61. The number of aryl methyl sites for hydroxylation is 1. The molecular formula is C24H23N5O2. The van der Waals surface area contributed by atoms with Crippen LogP contribution in [0.3, 0.4) is 0 Å². The van der Waals surface area contributed by atoms with E-state index in [1.807, 2.05) is 60.9 Å². The zero-order chi connectivity index (χ0) is 22.0. The monoisotopic (exact) mass is 413 g/mol. The predicted octanol–water partition coefficient (Wildman–Crippen LogP) is 2.98. The van der Waals surface area contributed by atoms with E-state index < -0.39 is 6.04 Å². The third kappa shape index (κ3) is 3.80. The summed E-state index contributed by atoms with van der Waals surface area (Å²) in [6.07, 6.45) is 5.69. The minimum atomic E-state index is -0.492. The third-order valence-electron chi connectivity index (χ3n) is 5.21. The Morgan fingerprint density at radius 1 is 1.23 bits per heavy atom. The van der Waals surface area contributed by atoms with Crippen molar-refractivity contribution in [3.63, 3.8) is 0 Å². The molecule has 7 heteroatoms.